The molecule has 0 radical (unpaired) electrons. The van der Waals surface area contributed by atoms with E-state index < -0.39 is 18.1 Å². The van der Waals surface area contributed by atoms with Crippen LogP contribution in [0.25, 0.3) is 6.08 Å². The molecule has 1 heterocycles. The van der Waals surface area contributed by atoms with Gasteiger partial charge in [-0.3, -0.25) is 14.4 Å². The number of carboxylic acids is 1. The Labute approximate surface area is 169 Å². The maximum atomic E-state index is 12.9. The molecule has 0 saturated carbocycles. The molecule has 6 heteroatoms. The molecule has 0 aromatic heterocycles. The highest BCUT2D eigenvalue weighted by Gasteiger charge is 2.29. The summed E-state index contributed by atoms with van der Waals surface area (Å²) in [6.45, 7) is 1.48. The first-order valence-electron chi connectivity index (χ1n) is 9.58. The van der Waals surface area contributed by atoms with Crippen LogP contribution in [0.15, 0.2) is 60.8 Å². The lowest BCUT2D eigenvalue weighted by Crippen LogP contribution is -2.36. The predicted octanol–water partition coefficient (Wildman–Crippen LogP) is 3.67. The van der Waals surface area contributed by atoms with E-state index in [4.69, 9.17) is 5.11 Å². The first-order valence-corrected chi connectivity index (χ1v) is 9.58. The van der Waals surface area contributed by atoms with E-state index in [1.165, 1.54) is 6.92 Å². The number of benzene rings is 2. The fourth-order valence-electron chi connectivity index (χ4n) is 3.62. The van der Waals surface area contributed by atoms with Crippen LogP contribution >= 0.6 is 0 Å². The van der Waals surface area contributed by atoms with E-state index in [9.17, 15) is 14.4 Å². The lowest BCUT2D eigenvalue weighted by atomic mass is 9.93. The molecule has 2 aromatic rings. The topological polar surface area (TPSA) is 86.7 Å². The zero-order valence-corrected chi connectivity index (χ0v) is 16.2. The Hall–Kier alpha value is -3.41. The van der Waals surface area contributed by atoms with Crippen LogP contribution in [0.5, 0.6) is 0 Å². The second kappa shape index (κ2) is 9.19. The molecular weight excluding hydrogens is 368 g/mol. The van der Waals surface area contributed by atoms with Crippen molar-refractivity contribution in [3.05, 3.63) is 77.5 Å². The summed E-state index contributed by atoms with van der Waals surface area (Å²) in [6.07, 6.45) is 3.92. The van der Waals surface area contributed by atoms with Gasteiger partial charge in [0.15, 0.2) is 0 Å². The van der Waals surface area contributed by atoms with E-state index in [0.717, 1.165) is 16.7 Å². The third-order valence-electron chi connectivity index (χ3n) is 5.03. The molecule has 0 unspecified atom stereocenters. The average Bonchev–Trinajstić information content (AvgIpc) is 2.71. The molecule has 0 spiro atoms. The largest absolute Gasteiger partial charge is 0.481 e. The summed E-state index contributed by atoms with van der Waals surface area (Å²) in [5.41, 5.74) is 2.75. The number of nitrogens with zero attached hydrogens (tertiary/aromatic N) is 1. The molecule has 0 fully saturated rings. The first-order chi connectivity index (χ1) is 14.0. The van der Waals surface area contributed by atoms with Gasteiger partial charge in [-0.1, -0.05) is 54.6 Å². The van der Waals surface area contributed by atoms with Crippen molar-refractivity contribution in [3.8, 4) is 0 Å². The van der Waals surface area contributed by atoms with Crippen molar-refractivity contribution in [3.63, 3.8) is 0 Å². The normalized spacial score (nSPS) is 16.0. The summed E-state index contributed by atoms with van der Waals surface area (Å²) >= 11 is 0. The number of fused-ring (bicyclic) bond motifs is 1. The SMILES string of the molecule is CC(=O)N1C=Cc2ccccc2[C@H]1CC(=O)N[C@H](CCC(=O)O)c1ccccc1. The molecule has 3 rings (SSSR count). The molecule has 1 aliphatic heterocycles. The van der Waals surface area contributed by atoms with Crippen molar-refractivity contribution in [2.24, 2.45) is 0 Å². The summed E-state index contributed by atoms with van der Waals surface area (Å²) in [7, 11) is 0. The summed E-state index contributed by atoms with van der Waals surface area (Å²) < 4.78 is 0. The van der Waals surface area contributed by atoms with Crippen LogP contribution in [0.1, 0.15) is 55.0 Å². The fraction of sp³-hybridized carbons (Fsp3) is 0.261. The van der Waals surface area contributed by atoms with Gasteiger partial charge in [0.1, 0.15) is 0 Å². The lowest BCUT2D eigenvalue weighted by molar-refractivity contribution is -0.137. The molecular formula is C23H24N2O4. The summed E-state index contributed by atoms with van der Waals surface area (Å²) in [4.78, 5) is 37.6. The molecule has 0 bridgehead atoms. The van der Waals surface area contributed by atoms with E-state index in [0.29, 0.717) is 6.42 Å². The molecule has 0 saturated heterocycles. The molecule has 2 amide bonds. The van der Waals surface area contributed by atoms with Gasteiger partial charge in [0.2, 0.25) is 11.8 Å². The fourth-order valence-corrected chi connectivity index (χ4v) is 3.62. The van der Waals surface area contributed by atoms with Crippen LogP contribution in [0, 0.1) is 0 Å². The zero-order valence-electron chi connectivity index (χ0n) is 16.2. The quantitative estimate of drug-likeness (QED) is 0.753. The van der Waals surface area contributed by atoms with Crippen molar-refractivity contribution < 1.29 is 19.5 Å². The van der Waals surface area contributed by atoms with E-state index in [1.54, 1.807) is 11.1 Å². The number of amides is 2. The Balaban J connectivity index is 1.78. The molecule has 29 heavy (non-hydrogen) atoms. The van der Waals surface area contributed by atoms with Crippen LogP contribution in [0.4, 0.5) is 0 Å². The third-order valence-corrected chi connectivity index (χ3v) is 5.03. The summed E-state index contributed by atoms with van der Waals surface area (Å²) in [5.74, 6) is -1.28. The van der Waals surface area contributed by atoms with E-state index in [-0.39, 0.29) is 24.7 Å². The van der Waals surface area contributed by atoms with Gasteiger partial charge in [-0.25, -0.2) is 0 Å². The number of rotatable bonds is 7. The van der Waals surface area contributed by atoms with Crippen LogP contribution in [-0.2, 0) is 14.4 Å². The highest BCUT2D eigenvalue weighted by atomic mass is 16.4. The number of aliphatic carboxylic acids is 1. The molecule has 0 aliphatic carbocycles. The van der Waals surface area contributed by atoms with Crippen molar-refractivity contribution in [1.82, 2.24) is 10.2 Å². The molecule has 150 valence electrons. The van der Waals surface area contributed by atoms with Gasteiger partial charge in [0.05, 0.1) is 18.5 Å². The maximum Gasteiger partial charge on any atom is 0.303 e. The van der Waals surface area contributed by atoms with Crippen LogP contribution in [-0.4, -0.2) is 27.8 Å². The standard InChI is InChI=1S/C23H24N2O4/c1-16(26)25-14-13-17-7-5-6-10-19(17)21(25)15-22(27)24-20(11-12-23(28)29)18-8-3-2-4-9-18/h2-10,13-14,20-21H,11-12,15H2,1H3,(H,24,27)(H,28,29)/t20-,21-/m1/s1. The maximum absolute atomic E-state index is 12.9. The van der Waals surface area contributed by atoms with E-state index in [2.05, 4.69) is 5.32 Å². The van der Waals surface area contributed by atoms with Crippen molar-refractivity contribution >= 4 is 23.9 Å². The lowest BCUT2D eigenvalue weighted by Gasteiger charge is -2.32. The van der Waals surface area contributed by atoms with Gasteiger partial charge < -0.3 is 15.3 Å². The molecule has 2 aromatic carbocycles. The number of carbonyl (C=O) groups excluding carboxylic acids is 2. The molecule has 6 nitrogen and oxygen atoms in total. The van der Waals surface area contributed by atoms with Crippen LogP contribution < -0.4 is 5.32 Å². The third kappa shape index (κ3) is 5.10. The second-order valence-corrected chi connectivity index (χ2v) is 7.05. The minimum atomic E-state index is -0.908. The number of carbonyl (C=O) groups is 3. The van der Waals surface area contributed by atoms with Gasteiger partial charge in [0, 0.05) is 19.5 Å². The summed E-state index contributed by atoms with van der Waals surface area (Å²) in [6, 6.07) is 16.2. The number of hydrogen-bond acceptors (Lipinski definition) is 3. The van der Waals surface area contributed by atoms with Gasteiger partial charge >= 0.3 is 5.97 Å². The van der Waals surface area contributed by atoms with Crippen LogP contribution in [0.3, 0.4) is 0 Å². The van der Waals surface area contributed by atoms with Crippen molar-refractivity contribution in [1.29, 1.82) is 0 Å². The van der Waals surface area contributed by atoms with Gasteiger partial charge in [-0.05, 0) is 29.2 Å². The number of carboxylic acid groups (broad SMARTS) is 1. The van der Waals surface area contributed by atoms with Crippen molar-refractivity contribution in [2.75, 3.05) is 0 Å². The second-order valence-electron chi connectivity index (χ2n) is 7.05. The van der Waals surface area contributed by atoms with Crippen molar-refractivity contribution in [2.45, 2.75) is 38.3 Å². The first kappa shape index (κ1) is 20.3. The van der Waals surface area contributed by atoms with E-state index >= 15 is 0 Å². The Morgan fingerprint density at radius 1 is 1.07 bits per heavy atom. The minimum absolute atomic E-state index is 0.0472. The molecule has 2 atom stereocenters. The summed E-state index contributed by atoms with van der Waals surface area (Å²) in [5, 5.41) is 12.0. The van der Waals surface area contributed by atoms with Crippen LogP contribution in [0.2, 0.25) is 0 Å². The molecule has 1 aliphatic rings. The Morgan fingerprint density at radius 3 is 2.45 bits per heavy atom. The highest BCUT2D eigenvalue weighted by Crippen LogP contribution is 2.33. The van der Waals surface area contributed by atoms with Gasteiger partial charge in [0.25, 0.3) is 0 Å². The Kier molecular flexibility index (Phi) is 6.44. The smallest absolute Gasteiger partial charge is 0.303 e. The number of nitrogens with one attached hydrogen (secondary N) is 1. The van der Waals surface area contributed by atoms with E-state index in [1.807, 2.05) is 60.7 Å². The number of hydrogen-bond donors (Lipinski definition) is 2. The van der Waals surface area contributed by atoms with Gasteiger partial charge in [-0.2, -0.15) is 0 Å². The minimum Gasteiger partial charge on any atom is -0.481 e. The Morgan fingerprint density at radius 2 is 1.76 bits per heavy atom. The molecule has 2 N–H and O–H groups in total. The Bertz CT molecular complexity index is 923. The average molecular weight is 392 g/mol. The zero-order chi connectivity index (χ0) is 20.8. The monoisotopic (exact) mass is 392 g/mol. The highest BCUT2D eigenvalue weighted by molar-refractivity contribution is 5.82. The predicted molar refractivity (Wildman–Crippen MR) is 110 cm³/mol. The van der Waals surface area contributed by atoms with Gasteiger partial charge in [-0.15, -0.1) is 0 Å².